The van der Waals surface area contributed by atoms with Crippen LogP contribution in [0.3, 0.4) is 0 Å². The molecule has 0 bridgehead atoms. The van der Waals surface area contributed by atoms with Crippen LogP contribution < -0.4 is 20.3 Å². The number of anilines is 1. The van der Waals surface area contributed by atoms with Gasteiger partial charge in [-0.1, -0.05) is 66.7 Å². The summed E-state index contributed by atoms with van der Waals surface area (Å²) < 4.78 is 5.63. The van der Waals surface area contributed by atoms with E-state index in [-0.39, 0.29) is 5.91 Å². The number of hydrogen-bond acceptors (Lipinski definition) is 5. The molecule has 3 aromatic carbocycles. The minimum Gasteiger partial charge on any atom is -0.481 e. The molecule has 3 aromatic rings. The van der Waals surface area contributed by atoms with E-state index in [1.165, 1.54) is 4.90 Å². The lowest BCUT2D eigenvalue weighted by atomic mass is 10.0. The maximum Gasteiger partial charge on any atom is 0.272 e. The van der Waals surface area contributed by atoms with Crippen molar-refractivity contribution in [1.82, 2.24) is 10.6 Å². The first-order valence-corrected chi connectivity index (χ1v) is 11.7. The molecule has 36 heavy (non-hydrogen) atoms. The number of amides is 3. The second kappa shape index (κ2) is 10.9. The first-order chi connectivity index (χ1) is 17.3. The molecule has 0 fully saturated rings. The second-order valence-corrected chi connectivity index (χ2v) is 8.47. The Labute approximate surface area is 210 Å². The molecule has 1 aliphatic heterocycles. The molecule has 8 nitrogen and oxygen atoms in total. The van der Waals surface area contributed by atoms with Gasteiger partial charge >= 0.3 is 0 Å². The van der Waals surface area contributed by atoms with Crippen LogP contribution in [0.5, 0.6) is 5.75 Å². The van der Waals surface area contributed by atoms with Gasteiger partial charge in [0.25, 0.3) is 11.8 Å². The average Bonchev–Trinajstić information content (AvgIpc) is 3.00. The predicted molar refractivity (Wildman–Crippen MR) is 138 cm³/mol. The zero-order valence-electron chi connectivity index (χ0n) is 20.3. The van der Waals surface area contributed by atoms with E-state index in [0.29, 0.717) is 17.1 Å². The molecule has 3 amide bonds. The number of fused-ring (bicyclic) bond motifs is 1. The van der Waals surface area contributed by atoms with E-state index in [1.807, 2.05) is 60.7 Å². The number of rotatable bonds is 7. The van der Waals surface area contributed by atoms with Crippen molar-refractivity contribution in [2.75, 3.05) is 11.9 Å². The van der Waals surface area contributed by atoms with Crippen LogP contribution in [0, 0.1) is 0 Å². The number of likely N-dealkylation sites (N-methyl/N-ethyl adjacent to an activating group) is 1. The predicted octanol–water partition coefficient (Wildman–Crippen LogP) is 2.91. The van der Waals surface area contributed by atoms with Crippen molar-refractivity contribution in [1.29, 1.82) is 0 Å². The SMILES string of the molecule is C[C@H](NC(=O)[C@H](C)Oc1ccccc1)C(=O)NC1N=C(c2ccccc2)c2ccccc2N(C)C1=O. The molecular weight excluding hydrogens is 456 g/mol. The highest BCUT2D eigenvalue weighted by Crippen LogP contribution is 2.27. The third kappa shape index (κ3) is 5.43. The molecule has 1 heterocycles. The number of benzodiazepines with no additional fused rings is 1. The summed E-state index contributed by atoms with van der Waals surface area (Å²) in [6, 6.07) is 25.0. The van der Waals surface area contributed by atoms with Crippen molar-refractivity contribution >= 4 is 29.1 Å². The van der Waals surface area contributed by atoms with Crippen molar-refractivity contribution in [3.05, 3.63) is 96.1 Å². The van der Waals surface area contributed by atoms with Gasteiger partial charge in [-0.3, -0.25) is 14.4 Å². The Morgan fingerprint density at radius 1 is 0.889 bits per heavy atom. The number of carbonyl (C=O) groups excluding carboxylic acids is 3. The van der Waals surface area contributed by atoms with E-state index in [1.54, 1.807) is 45.2 Å². The Morgan fingerprint density at radius 3 is 2.19 bits per heavy atom. The monoisotopic (exact) mass is 484 g/mol. The number of benzene rings is 3. The molecule has 1 unspecified atom stereocenters. The van der Waals surface area contributed by atoms with Crippen molar-refractivity contribution in [2.24, 2.45) is 4.99 Å². The van der Waals surface area contributed by atoms with Gasteiger partial charge in [0.05, 0.1) is 11.4 Å². The van der Waals surface area contributed by atoms with Gasteiger partial charge < -0.3 is 20.3 Å². The summed E-state index contributed by atoms with van der Waals surface area (Å²) in [6.45, 7) is 3.15. The topological polar surface area (TPSA) is 100 Å². The standard InChI is InChI=1S/C28H28N4O4/c1-18(29-27(34)19(2)36-21-14-8-5-9-15-21)26(33)31-25-28(35)32(3)23-17-11-10-16-22(23)24(30-25)20-12-6-4-7-13-20/h4-19,25H,1-3H3,(H,29,34)(H,31,33)/t18-,19-,25?/m0/s1. The summed E-state index contributed by atoms with van der Waals surface area (Å²) >= 11 is 0. The first-order valence-electron chi connectivity index (χ1n) is 11.7. The molecule has 2 N–H and O–H groups in total. The molecule has 0 aliphatic carbocycles. The maximum absolute atomic E-state index is 13.3. The lowest BCUT2D eigenvalue weighted by molar-refractivity contribution is -0.133. The molecular formula is C28H28N4O4. The summed E-state index contributed by atoms with van der Waals surface area (Å²) in [5.74, 6) is -0.830. The van der Waals surface area contributed by atoms with Crippen LogP contribution in [0.4, 0.5) is 5.69 Å². The van der Waals surface area contributed by atoms with Gasteiger partial charge in [-0.2, -0.15) is 0 Å². The number of nitrogens with zero attached hydrogens (tertiary/aromatic N) is 2. The smallest absolute Gasteiger partial charge is 0.272 e. The third-order valence-corrected chi connectivity index (χ3v) is 5.85. The lowest BCUT2D eigenvalue weighted by Crippen LogP contribution is -2.53. The molecule has 4 rings (SSSR count). The van der Waals surface area contributed by atoms with Crippen LogP contribution in [0.2, 0.25) is 0 Å². The first kappa shape index (κ1) is 24.7. The fourth-order valence-corrected chi connectivity index (χ4v) is 3.86. The Balaban J connectivity index is 1.51. The number of aliphatic imine (C=N–C) groups is 1. The van der Waals surface area contributed by atoms with Gasteiger partial charge in [0.1, 0.15) is 11.8 Å². The molecule has 0 spiro atoms. The molecule has 0 saturated heterocycles. The van der Waals surface area contributed by atoms with Crippen LogP contribution in [0.15, 0.2) is 89.9 Å². The number of carbonyl (C=O) groups is 3. The van der Waals surface area contributed by atoms with E-state index < -0.39 is 30.1 Å². The van der Waals surface area contributed by atoms with Crippen LogP contribution in [-0.2, 0) is 14.4 Å². The number of ether oxygens (including phenoxy) is 1. The summed E-state index contributed by atoms with van der Waals surface area (Å²) in [5.41, 5.74) is 2.89. The third-order valence-electron chi connectivity index (χ3n) is 5.85. The zero-order valence-corrected chi connectivity index (χ0v) is 20.3. The van der Waals surface area contributed by atoms with Gasteiger partial charge in [0, 0.05) is 18.2 Å². The van der Waals surface area contributed by atoms with Gasteiger partial charge in [0.15, 0.2) is 6.10 Å². The van der Waals surface area contributed by atoms with E-state index >= 15 is 0 Å². The summed E-state index contributed by atoms with van der Waals surface area (Å²) in [6.07, 6.45) is -1.98. The maximum atomic E-state index is 13.3. The minimum absolute atomic E-state index is 0.388. The molecule has 1 aliphatic rings. The number of para-hydroxylation sites is 2. The number of nitrogens with one attached hydrogen (secondary N) is 2. The highest BCUT2D eigenvalue weighted by Gasteiger charge is 2.32. The van der Waals surface area contributed by atoms with E-state index in [2.05, 4.69) is 15.6 Å². The molecule has 8 heteroatoms. The van der Waals surface area contributed by atoms with Gasteiger partial charge in [-0.25, -0.2) is 4.99 Å². The van der Waals surface area contributed by atoms with Gasteiger partial charge in [0.2, 0.25) is 12.1 Å². The molecule has 0 aromatic heterocycles. The largest absolute Gasteiger partial charge is 0.481 e. The highest BCUT2D eigenvalue weighted by molar-refractivity contribution is 6.20. The summed E-state index contributed by atoms with van der Waals surface area (Å²) in [4.78, 5) is 45.0. The van der Waals surface area contributed by atoms with Crippen LogP contribution >= 0.6 is 0 Å². The Bertz CT molecular complexity index is 1280. The van der Waals surface area contributed by atoms with Crippen molar-refractivity contribution in [2.45, 2.75) is 32.2 Å². The number of hydrogen-bond donors (Lipinski definition) is 2. The van der Waals surface area contributed by atoms with Crippen molar-refractivity contribution < 1.29 is 19.1 Å². The summed E-state index contributed by atoms with van der Waals surface area (Å²) in [5, 5.41) is 5.34. The van der Waals surface area contributed by atoms with E-state index in [0.717, 1.165) is 11.1 Å². The highest BCUT2D eigenvalue weighted by atomic mass is 16.5. The average molecular weight is 485 g/mol. The zero-order chi connectivity index (χ0) is 25.7. The molecule has 0 radical (unpaired) electrons. The Morgan fingerprint density at radius 2 is 1.50 bits per heavy atom. The van der Waals surface area contributed by atoms with Gasteiger partial charge in [-0.15, -0.1) is 0 Å². The normalized spacial score (nSPS) is 16.6. The van der Waals surface area contributed by atoms with Gasteiger partial charge in [-0.05, 0) is 32.0 Å². The fraction of sp³-hybridized carbons (Fsp3) is 0.214. The second-order valence-electron chi connectivity index (χ2n) is 8.47. The fourth-order valence-electron chi connectivity index (χ4n) is 3.86. The molecule has 3 atom stereocenters. The van der Waals surface area contributed by atoms with E-state index in [4.69, 9.17) is 4.74 Å². The van der Waals surface area contributed by atoms with Crippen LogP contribution in [-0.4, -0.2) is 48.8 Å². The minimum atomic E-state index is -1.16. The van der Waals surface area contributed by atoms with Crippen molar-refractivity contribution in [3.63, 3.8) is 0 Å². The molecule has 0 saturated carbocycles. The Kier molecular flexibility index (Phi) is 7.44. The quantitative estimate of drug-likeness (QED) is 0.539. The Hall–Kier alpha value is -4.46. The molecule has 184 valence electrons. The van der Waals surface area contributed by atoms with E-state index in [9.17, 15) is 14.4 Å². The van der Waals surface area contributed by atoms with Crippen molar-refractivity contribution in [3.8, 4) is 5.75 Å². The van der Waals surface area contributed by atoms with Crippen LogP contribution in [0.1, 0.15) is 25.0 Å². The lowest BCUT2D eigenvalue weighted by Gasteiger charge is -2.23. The van der Waals surface area contributed by atoms with Crippen LogP contribution in [0.25, 0.3) is 0 Å². The summed E-state index contributed by atoms with van der Waals surface area (Å²) in [7, 11) is 1.65.